The fourth-order valence-electron chi connectivity index (χ4n) is 1.17. The molecule has 0 radical (unpaired) electrons. The number of carbonyl (C=O) groups excluding carboxylic acids is 1. The van der Waals surface area contributed by atoms with Crippen LogP contribution in [0.3, 0.4) is 0 Å². The first kappa shape index (κ1) is 13.4. The van der Waals surface area contributed by atoms with Gasteiger partial charge in [0.15, 0.2) is 0 Å². The van der Waals surface area contributed by atoms with Crippen molar-refractivity contribution in [2.45, 2.75) is 39.3 Å². The van der Waals surface area contributed by atoms with Gasteiger partial charge in [0, 0.05) is 26.2 Å². The number of amides is 1. The molecule has 1 amide bonds. The summed E-state index contributed by atoms with van der Waals surface area (Å²) in [6.07, 6.45) is 0. The van der Waals surface area contributed by atoms with E-state index in [0.717, 1.165) is 0 Å². The SMILES string of the molecule is COC(C)(C)C(=O)N(CCN)C(C)C. The van der Waals surface area contributed by atoms with Gasteiger partial charge in [-0.3, -0.25) is 4.79 Å². The average molecular weight is 202 g/mol. The Labute approximate surface area is 86.4 Å². The molecular formula is C10H22N2O2. The van der Waals surface area contributed by atoms with Crippen LogP contribution < -0.4 is 5.73 Å². The lowest BCUT2D eigenvalue weighted by molar-refractivity contribution is -0.152. The van der Waals surface area contributed by atoms with Crippen molar-refractivity contribution < 1.29 is 9.53 Å². The van der Waals surface area contributed by atoms with Gasteiger partial charge in [0.05, 0.1) is 0 Å². The molecule has 0 aliphatic rings. The number of carbonyl (C=O) groups is 1. The van der Waals surface area contributed by atoms with Gasteiger partial charge in [-0.15, -0.1) is 0 Å². The summed E-state index contributed by atoms with van der Waals surface area (Å²) in [5.41, 5.74) is 4.69. The maximum absolute atomic E-state index is 12.0. The third kappa shape index (κ3) is 3.27. The average Bonchev–Trinajstić information content (AvgIpc) is 2.12. The maximum Gasteiger partial charge on any atom is 0.254 e. The van der Waals surface area contributed by atoms with Crippen molar-refractivity contribution in [1.82, 2.24) is 4.90 Å². The second kappa shape index (κ2) is 5.32. The van der Waals surface area contributed by atoms with E-state index in [1.54, 1.807) is 25.9 Å². The van der Waals surface area contributed by atoms with Crippen LogP contribution in [0.4, 0.5) is 0 Å². The Morgan fingerprint density at radius 3 is 2.29 bits per heavy atom. The van der Waals surface area contributed by atoms with Crippen molar-refractivity contribution in [3.05, 3.63) is 0 Å². The third-order valence-electron chi connectivity index (χ3n) is 2.28. The van der Waals surface area contributed by atoms with Gasteiger partial charge >= 0.3 is 0 Å². The summed E-state index contributed by atoms with van der Waals surface area (Å²) in [5.74, 6) is -0.0135. The van der Waals surface area contributed by atoms with E-state index in [2.05, 4.69) is 0 Å². The fourth-order valence-corrected chi connectivity index (χ4v) is 1.17. The number of methoxy groups -OCH3 is 1. The molecule has 4 heteroatoms. The first-order chi connectivity index (χ1) is 6.36. The summed E-state index contributed by atoms with van der Waals surface area (Å²) < 4.78 is 5.14. The van der Waals surface area contributed by atoms with E-state index in [4.69, 9.17) is 10.5 Å². The van der Waals surface area contributed by atoms with Crippen LogP contribution in [0.25, 0.3) is 0 Å². The van der Waals surface area contributed by atoms with Crippen LogP contribution in [0.1, 0.15) is 27.7 Å². The largest absolute Gasteiger partial charge is 0.369 e. The minimum atomic E-state index is -0.764. The molecule has 2 N–H and O–H groups in total. The number of nitrogens with two attached hydrogens (primary N) is 1. The molecule has 0 aliphatic carbocycles. The van der Waals surface area contributed by atoms with Gasteiger partial charge in [-0.05, 0) is 27.7 Å². The summed E-state index contributed by atoms with van der Waals surface area (Å²) in [4.78, 5) is 13.7. The second-order valence-electron chi connectivity index (χ2n) is 4.10. The molecule has 0 saturated carbocycles. The monoisotopic (exact) mass is 202 g/mol. The Morgan fingerprint density at radius 2 is 2.00 bits per heavy atom. The number of ether oxygens (including phenoxy) is 1. The maximum atomic E-state index is 12.0. The van der Waals surface area contributed by atoms with E-state index in [1.807, 2.05) is 13.8 Å². The molecule has 0 rings (SSSR count). The molecule has 0 spiro atoms. The van der Waals surface area contributed by atoms with Crippen LogP contribution in [-0.2, 0) is 9.53 Å². The van der Waals surface area contributed by atoms with Gasteiger partial charge < -0.3 is 15.4 Å². The molecule has 0 heterocycles. The Balaban J connectivity index is 4.59. The van der Waals surface area contributed by atoms with Gasteiger partial charge in [0.2, 0.25) is 0 Å². The molecule has 0 aromatic heterocycles. The summed E-state index contributed by atoms with van der Waals surface area (Å²) in [7, 11) is 1.54. The van der Waals surface area contributed by atoms with E-state index >= 15 is 0 Å². The molecule has 0 atom stereocenters. The van der Waals surface area contributed by atoms with Crippen molar-refractivity contribution in [2.24, 2.45) is 5.73 Å². The molecule has 0 fully saturated rings. The summed E-state index contributed by atoms with van der Waals surface area (Å²) >= 11 is 0. The lowest BCUT2D eigenvalue weighted by Crippen LogP contribution is -2.50. The Kier molecular flexibility index (Phi) is 5.08. The van der Waals surface area contributed by atoms with Gasteiger partial charge in [0.25, 0.3) is 5.91 Å². The van der Waals surface area contributed by atoms with E-state index in [0.29, 0.717) is 13.1 Å². The number of hydrogen-bond donors (Lipinski definition) is 1. The number of rotatable bonds is 5. The predicted octanol–water partition coefficient (Wildman–Crippen LogP) is 0.607. The molecule has 14 heavy (non-hydrogen) atoms. The Hall–Kier alpha value is -0.610. The molecular weight excluding hydrogens is 180 g/mol. The zero-order valence-corrected chi connectivity index (χ0v) is 9.83. The van der Waals surface area contributed by atoms with Crippen LogP contribution in [0, 0.1) is 0 Å². The third-order valence-corrected chi connectivity index (χ3v) is 2.28. The first-order valence-corrected chi connectivity index (χ1v) is 4.93. The van der Waals surface area contributed by atoms with Crippen LogP contribution >= 0.6 is 0 Å². The van der Waals surface area contributed by atoms with Crippen molar-refractivity contribution in [3.8, 4) is 0 Å². The number of hydrogen-bond acceptors (Lipinski definition) is 3. The standard InChI is InChI=1S/C10H22N2O2/c1-8(2)12(7-6-11)9(13)10(3,4)14-5/h8H,6-7,11H2,1-5H3. The summed E-state index contributed by atoms with van der Waals surface area (Å²) in [6, 6.07) is 0.153. The quantitative estimate of drug-likeness (QED) is 0.710. The van der Waals surface area contributed by atoms with Gasteiger partial charge in [0.1, 0.15) is 5.60 Å². The fraction of sp³-hybridized carbons (Fsp3) is 0.900. The zero-order chi connectivity index (χ0) is 11.4. The first-order valence-electron chi connectivity index (χ1n) is 4.93. The number of nitrogens with zero attached hydrogens (tertiary/aromatic N) is 1. The molecule has 0 bridgehead atoms. The van der Waals surface area contributed by atoms with Crippen LogP contribution in [0.5, 0.6) is 0 Å². The van der Waals surface area contributed by atoms with E-state index in [9.17, 15) is 4.79 Å². The second-order valence-corrected chi connectivity index (χ2v) is 4.10. The minimum absolute atomic E-state index is 0.0135. The van der Waals surface area contributed by atoms with Crippen molar-refractivity contribution >= 4 is 5.91 Å². The summed E-state index contributed by atoms with van der Waals surface area (Å²) in [5, 5.41) is 0. The molecule has 0 aromatic rings. The highest BCUT2D eigenvalue weighted by molar-refractivity contribution is 5.84. The highest BCUT2D eigenvalue weighted by Gasteiger charge is 2.32. The zero-order valence-electron chi connectivity index (χ0n) is 9.83. The molecule has 0 aliphatic heterocycles. The smallest absolute Gasteiger partial charge is 0.254 e. The molecule has 0 aromatic carbocycles. The lowest BCUT2D eigenvalue weighted by Gasteiger charge is -2.33. The highest BCUT2D eigenvalue weighted by Crippen LogP contribution is 2.14. The van der Waals surface area contributed by atoms with Crippen LogP contribution in [0.2, 0.25) is 0 Å². The van der Waals surface area contributed by atoms with Crippen molar-refractivity contribution in [2.75, 3.05) is 20.2 Å². The van der Waals surface area contributed by atoms with Crippen LogP contribution in [-0.4, -0.2) is 42.6 Å². The lowest BCUT2D eigenvalue weighted by atomic mass is 10.1. The van der Waals surface area contributed by atoms with E-state index in [-0.39, 0.29) is 11.9 Å². The van der Waals surface area contributed by atoms with Crippen LogP contribution in [0.15, 0.2) is 0 Å². The molecule has 84 valence electrons. The predicted molar refractivity (Wildman–Crippen MR) is 57.0 cm³/mol. The van der Waals surface area contributed by atoms with E-state index < -0.39 is 5.60 Å². The van der Waals surface area contributed by atoms with Gasteiger partial charge in [-0.2, -0.15) is 0 Å². The Morgan fingerprint density at radius 1 is 1.50 bits per heavy atom. The minimum Gasteiger partial charge on any atom is -0.369 e. The molecule has 4 nitrogen and oxygen atoms in total. The Bertz CT molecular complexity index is 191. The highest BCUT2D eigenvalue weighted by atomic mass is 16.5. The normalized spacial score (nSPS) is 11.9. The molecule has 0 saturated heterocycles. The van der Waals surface area contributed by atoms with Gasteiger partial charge in [-0.1, -0.05) is 0 Å². The molecule has 0 unspecified atom stereocenters. The van der Waals surface area contributed by atoms with Gasteiger partial charge in [-0.25, -0.2) is 0 Å². The summed E-state index contributed by atoms with van der Waals surface area (Å²) in [6.45, 7) is 8.52. The van der Waals surface area contributed by atoms with Crippen molar-refractivity contribution in [3.63, 3.8) is 0 Å². The van der Waals surface area contributed by atoms with Crippen molar-refractivity contribution in [1.29, 1.82) is 0 Å². The topological polar surface area (TPSA) is 55.6 Å². The van der Waals surface area contributed by atoms with E-state index in [1.165, 1.54) is 0 Å².